The molecule has 0 spiro atoms. The molecule has 158 valence electrons. The summed E-state index contributed by atoms with van der Waals surface area (Å²) in [6.07, 6.45) is 3.70. The van der Waals surface area contributed by atoms with Crippen LogP contribution >= 0.6 is 24.0 Å². The Morgan fingerprint density at radius 3 is 2.40 bits per heavy atom. The Hall–Kier alpha value is -2.61. The molecule has 3 aromatic rings. The number of unbranched alkanes of at least 4 members (excludes halogenated alkanes) is 1. The summed E-state index contributed by atoms with van der Waals surface area (Å²) in [5.74, 6) is 0.758. The summed E-state index contributed by atoms with van der Waals surface area (Å²) >= 11 is 0. The van der Waals surface area contributed by atoms with E-state index in [2.05, 4.69) is 41.8 Å². The molecule has 5 nitrogen and oxygen atoms in total. The number of hydrogen-bond acceptors (Lipinski definition) is 2. The molecule has 0 fully saturated rings. The van der Waals surface area contributed by atoms with Gasteiger partial charge in [0.2, 0.25) is 5.56 Å². The van der Waals surface area contributed by atoms with Crippen LogP contribution in [0.25, 0.3) is 0 Å². The largest absolute Gasteiger partial charge is 0.356 e. The maximum atomic E-state index is 11.8. The Bertz CT molecular complexity index is 968. The van der Waals surface area contributed by atoms with Gasteiger partial charge in [-0.05, 0) is 43.5 Å². The molecule has 30 heavy (non-hydrogen) atoms. The highest BCUT2D eigenvalue weighted by atomic mass is 127. The zero-order chi connectivity index (χ0) is 20.3. The van der Waals surface area contributed by atoms with E-state index in [0.29, 0.717) is 6.54 Å². The summed E-state index contributed by atoms with van der Waals surface area (Å²) in [6, 6.07) is 23.7. The first-order valence-corrected chi connectivity index (χ1v) is 10.0. The minimum Gasteiger partial charge on any atom is -0.356 e. The van der Waals surface area contributed by atoms with Gasteiger partial charge in [0.1, 0.15) is 0 Å². The molecule has 0 saturated heterocycles. The lowest BCUT2D eigenvalue weighted by molar-refractivity contribution is 0.588. The first kappa shape index (κ1) is 23.7. The van der Waals surface area contributed by atoms with E-state index in [0.717, 1.165) is 37.6 Å². The van der Waals surface area contributed by atoms with E-state index in [9.17, 15) is 4.79 Å². The molecule has 0 amide bonds. The van der Waals surface area contributed by atoms with Gasteiger partial charge in [-0.2, -0.15) is 0 Å². The third kappa shape index (κ3) is 8.02. The average molecular weight is 516 g/mol. The summed E-state index contributed by atoms with van der Waals surface area (Å²) in [5, 5.41) is 6.76. The van der Waals surface area contributed by atoms with Crippen LogP contribution < -0.4 is 16.2 Å². The van der Waals surface area contributed by atoms with Crippen LogP contribution in [0.2, 0.25) is 0 Å². The number of benzene rings is 2. The maximum Gasteiger partial charge on any atom is 0.250 e. The van der Waals surface area contributed by atoms with Crippen LogP contribution in [0, 0.1) is 6.92 Å². The summed E-state index contributed by atoms with van der Waals surface area (Å²) in [5.41, 5.74) is 3.47. The minimum absolute atomic E-state index is 0. The highest BCUT2D eigenvalue weighted by Crippen LogP contribution is 2.07. The number of rotatable bonds is 8. The van der Waals surface area contributed by atoms with Crippen molar-refractivity contribution in [1.29, 1.82) is 0 Å². The SMILES string of the molecule is Cc1ccc(CN=C(NCCCCn2ccccc2=O)Nc2ccccc2)cc1.I. The standard InChI is InChI=1S/C24H28N4O.HI/c1-20-12-14-21(15-13-20)19-26-24(27-22-9-3-2-4-10-22)25-16-6-8-18-28-17-7-5-11-23(28)29;/h2-5,7,9-15,17H,6,8,16,18-19H2,1H3,(H2,25,26,27);1H. The topological polar surface area (TPSA) is 58.4 Å². The van der Waals surface area contributed by atoms with Gasteiger partial charge in [-0.3, -0.25) is 4.79 Å². The molecule has 3 rings (SSSR count). The number of nitrogens with one attached hydrogen (secondary N) is 2. The second-order valence-corrected chi connectivity index (χ2v) is 7.01. The molecule has 0 unspecified atom stereocenters. The molecule has 6 heteroatoms. The van der Waals surface area contributed by atoms with Crippen molar-refractivity contribution < 1.29 is 0 Å². The van der Waals surface area contributed by atoms with Gasteiger partial charge in [0.25, 0.3) is 0 Å². The van der Waals surface area contributed by atoms with Gasteiger partial charge < -0.3 is 15.2 Å². The van der Waals surface area contributed by atoms with Crippen LogP contribution in [0.4, 0.5) is 5.69 Å². The Morgan fingerprint density at radius 2 is 1.67 bits per heavy atom. The Labute approximate surface area is 195 Å². The molecular formula is C24H29IN4O. The van der Waals surface area contributed by atoms with Gasteiger partial charge in [0.05, 0.1) is 6.54 Å². The zero-order valence-electron chi connectivity index (χ0n) is 17.3. The molecular weight excluding hydrogens is 487 g/mol. The number of aliphatic imine (C=N–C) groups is 1. The smallest absolute Gasteiger partial charge is 0.250 e. The number of anilines is 1. The summed E-state index contributed by atoms with van der Waals surface area (Å²) < 4.78 is 1.74. The number of aryl methyl sites for hydroxylation is 2. The monoisotopic (exact) mass is 516 g/mol. The average Bonchev–Trinajstić information content (AvgIpc) is 2.74. The molecule has 0 saturated carbocycles. The molecule has 1 aromatic heterocycles. The normalized spacial score (nSPS) is 10.9. The summed E-state index contributed by atoms with van der Waals surface area (Å²) in [4.78, 5) is 16.5. The molecule has 0 bridgehead atoms. The lowest BCUT2D eigenvalue weighted by Crippen LogP contribution is -2.32. The zero-order valence-corrected chi connectivity index (χ0v) is 19.6. The predicted octanol–water partition coefficient (Wildman–Crippen LogP) is 4.81. The van der Waals surface area contributed by atoms with Crippen LogP contribution in [0.1, 0.15) is 24.0 Å². The van der Waals surface area contributed by atoms with Crippen LogP contribution in [0.15, 0.2) is 88.8 Å². The first-order chi connectivity index (χ1) is 14.2. The maximum absolute atomic E-state index is 11.8. The number of para-hydroxylation sites is 1. The van der Waals surface area contributed by atoms with E-state index in [1.54, 1.807) is 16.7 Å². The van der Waals surface area contributed by atoms with Crippen molar-refractivity contribution >= 4 is 35.6 Å². The second kappa shape index (κ2) is 12.8. The fraction of sp³-hybridized carbons (Fsp3) is 0.250. The lowest BCUT2D eigenvalue weighted by atomic mass is 10.1. The summed E-state index contributed by atoms with van der Waals surface area (Å²) in [7, 11) is 0. The van der Waals surface area contributed by atoms with Crippen molar-refractivity contribution in [2.75, 3.05) is 11.9 Å². The predicted molar refractivity (Wildman–Crippen MR) is 136 cm³/mol. The van der Waals surface area contributed by atoms with Crippen LogP contribution in [-0.4, -0.2) is 17.1 Å². The number of halogens is 1. The fourth-order valence-corrected chi connectivity index (χ4v) is 2.92. The van der Waals surface area contributed by atoms with Gasteiger partial charge in [-0.1, -0.05) is 54.1 Å². The van der Waals surface area contributed by atoms with E-state index in [-0.39, 0.29) is 29.5 Å². The van der Waals surface area contributed by atoms with Crippen molar-refractivity contribution in [1.82, 2.24) is 9.88 Å². The highest BCUT2D eigenvalue weighted by Gasteiger charge is 2.01. The van der Waals surface area contributed by atoms with Crippen molar-refractivity contribution in [3.8, 4) is 0 Å². The van der Waals surface area contributed by atoms with Crippen LogP contribution in [-0.2, 0) is 13.1 Å². The number of nitrogens with zero attached hydrogens (tertiary/aromatic N) is 2. The molecule has 1 heterocycles. The number of aromatic nitrogens is 1. The lowest BCUT2D eigenvalue weighted by Gasteiger charge is -2.13. The van der Waals surface area contributed by atoms with Gasteiger partial charge in [-0.15, -0.1) is 24.0 Å². The molecule has 2 aromatic carbocycles. The molecule has 0 aliphatic rings. The van der Waals surface area contributed by atoms with E-state index in [1.165, 1.54) is 11.1 Å². The molecule has 0 radical (unpaired) electrons. The second-order valence-electron chi connectivity index (χ2n) is 7.01. The fourth-order valence-electron chi connectivity index (χ4n) is 2.92. The molecule has 0 aliphatic carbocycles. The van der Waals surface area contributed by atoms with Crippen LogP contribution in [0.3, 0.4) is 0 Å². The van der Waals surface area contributed by atoms with E-state index < -0.39 is 0 Å². The van der Waals surface area contributed by atoms with Crippen LogP contribution in [0.5, 0.6) is 0 Å². The third-order valence-corrected chi connectivity index (χ3v) is 4.59. The van der Waals surface area contributed by atoms with Crippen molar-refractivity contribution in [3.63, 3.8) is 0 Å². The Balaban J connectivity index is 0.00000320. The quantitative estimate of drug-likeness (QED) is 0.196. The van der Waals surface area contributed by atoms with Crippen molar-refractivity contribution in [2.24, 2.45) is 4.99 Å². The minimum atomic E-state index is 0. The Kier molecular flexibility index (Phi) is 10.1. The van der Waals surface area contributed by atoms with E-state index in [4.69, 9.17) is 4.99 Å². The van der Waals surface area contributed by atoms with Gasteiger partial charge in [-0.25, -0.2) is 4.99 Å². The number of hydrogen-bond donors (Lipinski definition) is 2. The Morgan fingerprint density at radius 1 is 0.933 bits per heavy atom. The van der Waals surface area contributed by atoms with Crippen molar-refractivity contribution in [2.45, 2.75) is 32.9 Å². The summed E-state index contributed by atoms with van der Waals surface area (Å²) in [6.45, 7) is 4.21. The number of guanidine groups is 1. The van der Waals surface area contributed by atoms with E-state index in [1.807, 2.05) is 42.6 Å². The van der Waals surface area contributed by atoms with Crippen molar-refractivity contribution in [3.05, 3.63) is 100 Å². The third-order valence-electron chi connectivity index (χ3n) is 4.59. The highest BCUT2D eigenvalue weighted by molar-refractivity contribution is 14.0. The molecule has 0 aliphatic heterocycles. The first-order valence-electron chi connectivity index (χ1n) is 10.0. The van der Waals surface area contributed by atoms with Gasteiger partial charge >= 0.3 is 0 Å². The molecule has 2 N–H and O–H groups in total. The molecule has 0 atom stereocenters. The van der Waals surface area contributed by atoms with Gasteiger partial charge in [0, 0.05) is 31.0 Å². The number of pyridine rings is 1. The van der Waals surface area contributed by atoms with E-state index >= 15 is 0 Å². The van der Waals surface area contributed by atoms with Gasteiger partial charge in [0.15, 0.2) is 5.96 Å².